The highest BCUT2D eigenvalue weighted by Crippen LogP contribution is 2.23. The molecule has 3 aromatic rings. The SMILES string of the molecule is Cc1ccc2nc(CSc3nnc(N4CCOCC4)n3C)cc(=O)n2c1. The minimum absolute atomic E-state index is 0.0683. The maximum Gasteiger partial charge on any atom is 0.258 e. The van der Waals surface area contributed by atoms with Crippen molar-refractivity contribution in [3.8, 4) is 0 Å². The van der Waals surface area contributed by atoms with Crippen molar-refractivity contribution in [1.29, 1.82) is 0 Å². The van der Waals surface area contributed by atoms with Gasteiger partial charge in [-0.1, -0.05) is 17.8 Å². The van der Waals surface area contributed by atoms with E-state index in [2.05, 4.69) is 20.1 Å². The molecule has 1 aliphatic rings. The van der Waals surface area contributed by atoms with Gasteiger partial charge in [-0.25, -0.2) is 4.98 Å². The van der Waals surface area contributed by atoms with Gasteiger partial charge in [0.15, 0.2) is 5.16 Å². The molecule has 1 fully saturated rings. The average Bonchev–Trinajstić information content (AvgIpc) is 3.02. The van der Waals surface area contributed by atoms with Crippen LogP contribution in [-0.4, -0.2) is 50.5 Å². The molecule has 0 bridgehead atoms. The van der Waals surface area contributed by atoms with E-state index < -0.39 is 0 Å². The number of fused-ring (bicyclic) bond motifs is 1. The highest BCUT2D eigenvalue weighted by Gasteiger charge is 2.18. The highest BCUT2D eigenvalue weighted by atomic mass is 32.2. The second kappa shape index (κ2) is 7.08. The van der Waals surface area contributed by atoms with Gasteiger partial charge >= 0.3 is 0 Å². The van der Waals surface area contributed by atoms with E-state index in [1.165, 1.54) is 11.8 Å². The van der Waals surface area contributed by atoms with Crippen LogP contribution in [0.25, 0.3) is 5.65 Å². The standard InChI is InChI=1S/C17H20N6O2S/c1-12-3-4-14-18-13(9-15(24)23(14)10-12)11-26-17-20-19-16(21(17)2)22-5-7-25-8-6-22/h3-4,9-10H,5-8,11H2,1-2H3. The molecule has 0 radical (unpaired) electrons. The highest BCUT2D eigenvalue weighted by molar-refractivity contribution is 7.98. The van der Waals surface area contributed by atoms with Crippen molar-refractivity contribution >= 4 is 23.4 Å². The zero-order chi connectivity index (χ0) is 18.1. The molecular formula is C17H20N6O2S. The summed E-state index contributed by atoms with van der Waals surface area (Å²) in [6, 6.07) is 5.40. The number of nitrogens with zero attached hydrogens (tertiary/aromatic N) is 6. The van der Waals surface area contributed by atoms with E-state index in [1.54, 1.807) is 16.7 Å². The first-order chi connectivity index (χ1) is 12.6. The number of aryl methyl sites for hydroxylation is 1. The zero-order valence-corrected chi connectivity index (χ0v) is 15.6. The van der Waals surface area contributed by atoms with Gasteiger partial charge in [0.05, 0.1) is 18.9 Å². The van der Waals surface area contributed by atoms with Gasteiger partial charge in [-0.3, -0.25) is 13.8 Å². The minimum atomic E-state index is -0.0683. The predicted molar refractivity (Wildman–Crippen MR) is 99.8 cm³/mol. The van der Waals surface area contributed by atoms with Gasteiger partial charge in [0, 0.05) is 38.2 Å². The second-order valence-electron chi connectivity index (χ2n) is 6.25. The molecule has 0 spiro atoms. The summed E-state index contributed by atoms with van der Waals surface area (Å²) in [7, 11) is 1.96. The van der Waals surface area contributed by atoms with Gasteiger partial charge in [-0.05, 0) is 18.6 Å². The van der Waals surface area contributed by atoms with Crippen LogP contribution in [0, 0.1) is 6.92 Å². The van der Waals surface area contributed by atoms with Crippen molar-refractivity contribution < 1.29 is 4.74 Å². The molecule has 4 rings (SSSR count). The second-order valence-corrected chi connectivity index (χ2v) is 7.19. The van der Waals surface area contributed by atoms with Crippen molar-refractivity contribution in [2.24, 2.45) is 7.05 Å². The van der Waals surface area contributed by atoms with Crippen LogP contribution in [0.1, 0.15) is 11.3 Å². The minimum Gasteiger partial charge on any atom is -0.378 e. The topological polar surface area (TPSA) is 77.5 Å². The first-order valence-corrected chi connectivity index (χ1v) is 9.44. The van der Waals surface area contributed by atoms with E-state index in [0.717, 1.165) is 35.5 Å². The summed E-state index contributed by atoms with van der Waals surface area (Å²) in [5.74, 6) is 1.41. The molecule has 3 aromatic heterocycles. The summed E-state index contributed by atoms with van der Waals surface area (Å²) in [6.07, 6.45) is 1.80. The fourth-order valence-corrected chi connectivity index (χ4v) is 3.74. The fraction of sp³-hybridized carbons (Fsp3) is 0.412. The Morgan fingerprint density at radius 1 is 1.23 bits per heavy atom. The van der Waals surface area contributed by atoms with Crippen LogP contribution >= 0.6 is 11.8 Å². The van der Waals surface area contributed by atoms with Gasteiger partial charge in [-0.15, -0.1) is 10.2 Å². The zero-order valence-electron chi connectivity index (χ0n) is 14.8. The lowest BCUT2D eigenvalue weighted by Crippen LogP contribution is -2.37. The molecular weight excluding hydrogens is 352 g/mol. The summed E-state index contributed by atoms with van der Waals surface area (Å²) in [4.78, 5) is 19.0. The van der Waals surface area contributed by atoms with E-state index in [1.807, 2.05) is 30.7 Å². The van der Waals surface area contributed by atoms with Gasteiger partial charge in [0.1, 0.15) is 5.65 Å². The average molecular weight is 372 g/mol. The number of rotatable bonds is 4. The Bertz CT molecular complexity index is 993. The lowest BCUT2D eigenvalue weighted by atomic mass is 10.3. The molecule has 0 N–H and O–H groups in total. The predicted octanol–water partition coefficient (Wildman–Crippen LogP) is 1.26. The molecule has 0 atom stereocenters. The van der Waals surface area contributed by atoms with Crippen molar-refractivity contribution in [2.45, 2.75) is 17.8 Å². The Balaban J connectivity index is 1.52. The van der Waals surface area contributed by atoms with Crippen LogP contribution in [0.2, 0.25) is 0 Å². The third-order valence-electron chi connectivity index (χ3n) is 4.32. The van der Waals surface area contributed by atoms with Crippen molar-refractivity contribution in [3.05, 3.63) is 46.0 Å². The molecule has 26 heavy (non-hydrogen) atoms. The lowest BCUT2D eigenvalue weighted by molar-refractivity contribution is 0.121. The Labute approximate surface area is 154 Å². The molecule has 9 heteroatoms. The smallest absolute Gasteiger partial charge is 0.258 e. The lowest BCUT2D eigenvalue weighted by Gasteiger charge is -2.27. The van der Waals surface area contributed by atoms with E-state index >= 15 is 0 Å². The number of pyridine rings is 1. The van der Waals surface area contributed by atoms with Crippen LogP contribution in [-0.2, 0) is 17.5 Å². The van der Waals surface area contributed by atoms with Crippen LogP contribution in [0.5, 0.6) is 0 Å². The molecule has 4 heterocycles. The number of hydrogen-bond donors (Lipinski definition) is 0. The van der Waals surface area contributed by atoms with Crippen LogP contribution in [0.4, 0.5) is 5.95 Å². The van der Waals surface area contributed by atoms with Gasteiger partial charge < -0.3 is 9.64 Å². The first-order valence-electron chi connectivity index (χ1n) is 8.45. The van der Waals surface area contributed by atoms with E-state index in [-0.39, 0.29) is 5.56 Å². The number of morpholine rings is 1. The molecule has 136 valence electrons. The monoisotopic (exact) mass is 372 g/mol. The fourth-order valence-electron chi connectivity index (χ4n) is 2.94. The number of hydrogen-bond acceptors (Lipinski definition) is 7. The van der Waals surface area contributed by atoms with Crippen LogP contribution in [0.3, 0.4) is 0 Å². The van der Waals surface area contributed by atoms with E-state index in [0.29, 0.717) is 24.6 Å². The molecule has 0 aliphatic carbocycles. The Kier molecular flexibility index (Phi) is 4.64. The van der Waals surface area contributed by atoms with Crippen LogP contribution in [0.15, 0.2) is 34.3 Å². The molecule has 0 saturated carbocycles. The molecule has 0 aromatic carbocycles. The summed E-state index contributed by atoms with van der Waals surface area (Å²) in [5, 5.41) is 9.39. The third-order valence-corrected chi connectivity index (χ3v) is 5.37. The normalized spacial score (nSPS) is 14.9. The van der Waals surface area contributed by atoms with E-state index in [9.17, 15) is 4.79 Å². The van der Waals surface area contributed by atoms with Gasteiger partial charge in [-0.2, -0.15) is 0 Å². The molecule has 1 aliphatic heterocycles. The Morgan fingerprint density at radius 3 is 2.85 bits per heavy atom. The maximum atomic E-state index is 12.3. The Hall–Kier alpha value is -2.39. The maximum absolute atomic E-state index is 12.3. The third kappa shape index (κ3) is 3.32. The number of anilines is 1. The number of aromatic nitrogens is 5. The van der Waals surface area contributed by atoms with Gasteiger partial charge in [0.2, 0.25) is 5.95 Å². The summed E-state index contributed by atoms with van der Waals surface area (Å²) in [5.41, 5.74) is 2.35. The number of thioether (sulfide) groups is 1. The largest absolute Gasteiger partial charge is 0.378 e. The quantitative estimate of drug-likeness (QED) is 0.638. The molecule has 0 amide bonds. The van der Waals surface area contributed by atoms with Crippen LogP contribution < -0.4 is 10.5 Å². The molecule has 1 saturated heterocycles. The Morgan fingerprint density at radius 2 is 2.04 bits per heavy atom. The molecule has 0 unspecified atom stereocenters. The van der Waals surface area contributed by atoms with Crippen molar-refractivity contribution in [1.82, 2.24) is 24.1 Å². The summed E-state index contributed by atoms with van der Waals surface area (Å²) < 4.78 is 8.93. The number of ether oxygens (including phenoxy) is 1. The first kappa shape index (κ1) is 17.0. The van der Waals surface area contributed by atoms with Crippen molar-refractivity contribution in [3.63, 3.8) is 0 Å². The summed E-state index contributed by atoms with van der Waals surface area (Å²) >= 11 is 1.53. The van der Waals surface area contributed by atoms with Crippen molar-refractivity contribution in [2.75, 3.05) is 31.2 Å². The van der Waals surface area contributed by atoms with Gasteiger partial charge in [0.25, 0.3) is 5.56 Å². The van der Waals surface area contributed by atoms with E-state index in [4.69, 9.17) is 4.74 Å². The summed E-state index contributed by atoms with van der Waals surface area (Å²) in [6.45, 7) is 5.01. The molecule has 8 nitrogen and oxygen atoms in total.